The van der Waals surface area contributed by atoms with Gasteiger partial charge in [-0.2, -0.15) is 0 Å². The van der Waals surface area contributed by atoms with Crippen molar-refractivity contribution >= 4 is 35.0 Å². The molecule has 0 aliphatic carbocycles. The van der Waals surface area contributed by atoms with Crippen molar-refractivity contribution < 1.29 is 0 Å². The van der Waals surface area contributed by atoms with Crippen molar-refractivity contribution in [1.29, 1.82) is 0 Å². The van der Waals surface area contributed by atoms with E-state index in [1.165, 1.54) is 11.8 Å². The molecule has 0 aliphatic heterocycles. The fourth-order valence-electron chi connectivity index (χ4n) is 2.24. The van der Waals surface area contributed by atoms with Crippen LogP contribution in [0.1, 0.15) is 24.2 Å². The van der Waals surface area contributed by atoms with Crippen LogP contribution in [-0.4, -0.2) is 25.0 Å². The van der Waals surface area contributed by atoms with E-state index in [1.807, 2.05) is 31.2 Å². The number of nitrogens with one attached hydrogen (secondary N) is 2. The van der Waals surface area contributed by atoms with Gasteiger partial charge in [-0.3, -0.25) is 0 Å². The van der Waals surface area contributed by atoms with Gasteiger partial charge >= 0.3 is 0 Å². The zero-order valence-corrected chi connectivity index (χ0v) is 16.0. The van der Waals surface area contributed by atoms with Gasteiger partial charge in [-0.1, -0.05) is 30.3 Å². The minimum atomic E-state index is 0.0765. The Kier molecular flexibility index (Phi) is 6.08. The predicted octanol–water partition coefficient (Wildman–Crippen LogP) is 3.77. The van der Waals surface area contributed by atoms with E-state index in [9.17, 15) is 0 Å². The third-order valence-electron chi connectivity index (χ3n) is 3.44. The van der Waals surface area contributed by atoms with Gasteiger partial charge in [0.2, 0.25) is 5.95 Å². The standard InChI is InChI=1S/C18H18N6S2/c1-12-11-15(26-18-19-9-6-10-20-18)23-16(21-12)24-17(25)22-13(2)14-7-4-3-5-8-14/h3-11,13H,1-2H3,(H2,21,22,23,24,25)/t13-/m0/s1. The normalized spacial score (nSPS) is 11.6. The maximum atomic E-state index is 5.39. The Balaban J connectivity index is 1.66. The van der Waals surface area contributed by atoms with E-state index in [-0.39, 0.29) is 6.04 Å². The molecule has 1 aromatic carbocycles. The zero-order chi connectivity index (χ0) is 18.4. The summed E-state index contributed by atoms with van der Waals surface area (Å²) in [5.74, 6) is 0.446. The molecule has 0 spiro atoms. The molecule has 8 heteroatoms. The van der Waals surface area contributed by atoms with E-state index in [1.54, 1.807) is 18.5 Å². The van der Waals surface area contributed by atoms with Crippen LogP contribution < -0.4 is 10.6 Å². The van der Waals surface area contributed by atoms with Gasteiger partial charge in [-0.05, 0) is 55.5 Å². The van der Waals surface area contributed by atoms with E-state index in [2.05, 4.69) is 49.6 Å². The first kappa shape index (κ1) is 18.2. The number of nitrogens with zero attached hydrogens (tertiary/aromatic N) is 4. The van der Waals surface area contributed by atoms with Crippen molar-refractivity contribution in [3.8, 4) is 0 Å². The average Bonchev–Trinajstić information content (AvgIpc) is 2.62. The molecule has 2 N–H and O–H groups in total. The van der Waals surface area contributed by atoms with Crippen LogP contribution in [0.5, 0.6) is 0 Å². The summed E-state index contributed by atoms with van der Waals surface area (Å²) < 4.78 is 0. The zero-order valence-electron chi connectivity index (χ0n) is 14.4. The fraction of sp³-hybridized carbons (Fsp3) is 0.167. The molecule has 3 rings (SSSR count). The first-order chi connectivity index (χ1) is 12.6. The van der Waals surface area contributed by atoms with E-state index in [0.29, 0.717) is 16.2 Å². The monoisotopic (exact) mass is 382 g/mol. The van der Waals surface area contributed by atoms with Crippen LogP contribution >= 0.6 is 24.0 Å². The van der Waals surface area contributed by atoms with Crippen LogP contribution in [0.4, 0.5) is 5.95 Å². The second-order valence-electron chi connectivity index (χ2n) is 5.54. The molecule has 0 bridgehead atoms. The fourth-order valence-corrected chi connectivity index (χ4v) is 3.28. The molecular formula is C18H18N6S2. The van der Waals surface area contributed by atoms with Crippen LogP contribution in [0.15, 0.2) is 65.0 Å². The van der Waals surface area contributed by atoms with Gasteiger partial charge < -0.3 is 10.6 Å². The molecule has 0 saturated heterocycles. The Morgan fingerprint density at radius 2 is 1.81 bits per heavy atom. The molecule has 132 valence electrons. The molecule has 26 heavy (non-hydrogen) atoms. The van der Waals surface area contributed by atoms with Crippen LogP contribution in [0, 0.1) is 6.92 Å². The van der Waals surface area contributed by atoms with E-state index in [4.69, 9.17) is 12.2 Å². The Morgan fingerprint density at radius 1 is 1.08 bits per heavy atom. The minimum absolute atomic E-state index is 0.0765. The van der Waals surface area contributed by atoms with Gasteiger partial charge in [0.25, 0.3) is 0 Å². The summed E-state index contributed by atoms with van der Waals surface area (Å²) >= 11 is 6.77. The summed E-state index contributed by atoms with van der Waals surface area (Å²) in [5, 5.41) is 8.16. The molecule has 2 aromatic heterocycles. The summed E-state index contributed by atoms with van der Waals surface area (Å²) in [5.41, 5.74) is 1.99. The Bertz CT molecular complexity index is 873. The summed E-state index contributed by atoms with van der Waals surface area (Å²) in [4.78, 5) is 17.3. The van der Waals surface area contributed by atoms with E-state index >= 15 is 0 Å². The van der Waals surface area contributed by atoms with Crippen LogP contribution in [0.2, 0.25) is 0 Å². The third kappa shape index (κ3) is 5.21. The lowest BCUT2D eigenvalue weighted by atomic mass is 10.1. The van der Waals surface area contributed by atoms with Crippen LogP contribution in [-0.2, 0) is 0 Å². The Morgan fingerprint density at radius 3 is 2.54 bits per heavy atom. The van der Waals surface area contributed by atoms with Crippen molar-refractivity contribution in [3.63, 3.8) is 0 Å². The van der Waals surface area contributed by atoms with Crippen molar-refractivity contribution in [2.75, 3.05) is 5.32 Å². The summed E-state index contributed by atoms with van der Waals surface area (Å²) in [6.07, 6.45) is 3.40. The van der Waals surface area contributed by atoms with Crippen molar-refractivity contribution in [3.05, 3.63) is 66.1 Å². The highest BCUT2D eigenvalue weighted by molar-refractivity contribution is 7.99. The summed E-state index contributed by atoms with van der Waals surface area (Å²) in [6, 6.07) is 13.8. The van der Waals surface area contributed by atoms with E-state index in [0.717, 1.165) is 16.3 Å². The average molecular weight is 383 g/mol. The second-order valence-corrected chi connectivity index (χ2v) is 6.93. The summed E-state index contributed by atoms with van der Waals surface area (Å²) in [6.45, 7) is 3.96. The molecule has 0 amide bonds. The Hall–Kier alpha value is -2.58. The lowest BCUT2D eigenvalue weighted by Gasteiger charge is -2.17. The molecule has 0 aliphatic rings. The summed E-state index contributed by atoms with van der Waals surface area (Å²) in [7, 11) is 0. The van der Waals surface area contributed by atoms with Gasteiger partial charge in [0.15, 0.2) is 10.3 Å². The second kappa shape index (κ2) is 8.68. The number of aromatic nitrogens is 4. The highest BCUT2D eigenvalue weighted by Crippen LogP contribution is 2.23. The van der Waals surface area contributed by atoms with Crippen molar-refractivity contribution in [2.24, 2.45) is 0 Å². The lowest BCUT2D eigenvalue weighted by molar-refractivity contribution is 0.722. The molecule has 6 nitrogen and oxygen atoms in total. The quantitative estimate of drug-likeness (QED) is 0.392. The SMILES string of the molecule is Cc1cc(Sc2ncccn2)nc(NC(=S)N[C@@H](C)c2ccccc2)n1. The first-order valence-corrected chi connectivity index (χ1v) is 9.25. The number of rotatable bonds is 5. The third-order valence-corrected chi connectivity index (χ3v) is 4.47. The number of anilines is 1. The highest BCUT2D eigenvalue weighted by Gasteiger charge is 2.10. The number of thiocarbonyl (C=S) groups is 1. The van der Waals surface area contributed by atoms with Crippen molar-refractivity contribution in [1.82, 2.24) is 25.3 Å². The predicted molar refractivity (Wildman–Crippen MR) is 107 cm³/mol. The topological polar surface area (TPSA) is 75.6 Å². The number of benzene rings is 1. The largest absolute Gasteiger partial charge is 0.356 e. The molecule has 0 saturated carbocycles. The van der Waals surface area contributed by atoms with Gasteiger partial charge in [-0.15, -0.1) is 0 Å². The van der Waals surface area contributed by atoms with Crippen LogP contribution in [0.3, 0.4) is 0 Å². The molecule has 0 unspecified atom stereocenters. The molecular weight excluding hydrogens is 364 g/mol. The highest BCUT2D eigenvalue weighted by atomic mass is 32.2. The van der Waals surface area contributed by atoms with Gasteiger partial charge in [0.1, 0.15) is 5.03 Å². The molecule has 3 aromatic rings. The maximum absolute atomic E-state index is 5.39. The van der Waals surface area contributed by atoms with Crippen molar-refractivity contribution in [2.45, 2.75) is 30.1 Å². The number of aryl methyl sites for hydroxylation is 1. The number of hydrogen-bond donors (Lipinski definition) is 2. The smallest absolute Gasteiger partial charge is 0.230 e. The minimum Gasteiger partial charge on any atom is -0.356 e. The molecule has 0 radical (unpaired) electrons. The number of hydrogen-bond acceptors (Lipinski definition) is 6. The first-order valence-electron chi connectivity index (χ1n) is 8.03. The molecule has 1 atom stereocenters. The molecule has 2 heterocycles. The van der Waals surface area contributed by atoms with Gasteiger partial charge in [-0.25, -0.2) is 19.9 Å². The maximum Gasteiger partial charge on any atom is 0.230 e. The van der Waals surface area contributed by atoms with Gasteiger partial charge in [0, 0.05) is 18.1 Å². The Labute approximate surface area is 161 Å². The lowest BCUT2D eigenvalue weighted by Crippen LogP contribution is -2.31. The van der Waals surface area contributed by atoms with E-state index < -0.39 is 0 Å². The van der Waals surface area contributed by atoms with Crippen LogP contribution in [0.25, 0.3) is 0 Å². The molecule has 0 fully saturated rings. The van der Waals surface area contributed by atoms with Gasteiger partial charge in [0.05, 0.1) is 6.04 Å².